The van der Waals surface area contributed by atoms with E-state index in [4.69, 9.17) is 9.72 Å². The first-order valence-corrected chi connectivity index (χ1v) is 8.92. The van der Waals surface area contributed by atoms with Gasteiger partial charge in [-0.15, -0.1) is 0 Å². The molecule has 0 spiro atoms. The van der Waals surface area contributed by atoms with Crippen molar-refractivity contribution in [2.75, 3.05) is 27.2 Å². The largest absolute Gasteiger partial charge is 0.477 e. The predicted octanol–water partition coefficient (Wildman–Crippen LogP) is 4.09. The minimum Gasteiger partial charge on any atom is -0.477 e. The van der Waals surface area contributed by atoms with Gasteiger partial charge in [0.1, 0.15) is 0 Å². The summed E-state index contributed by atoms with van der Waals surface area (Å²) in [4.78, 5) is 20.0. The molecule has 0 saturated heterocycles. The van der Waals surface area contributed by atoms with Gasteiger partial charge in [-0.25, -0.2) is 4.98 Å². The number of ketones is 1. The summed E-state index contributed by atoms with van der Waals surface area (Å²) >= 11 is 0. The van der Waals surface area contributed by atoms with Crippen molar-refractivity contribution in [2.45, 2.75) is 13.3 Å². The van der Waals surface area contributed by atoms with Crippen molar-refractivity contribution in [1.82, 2.24) is 9.88 Å². The minimum atomic E-state index is 0.0652. The van der Waals surface area contributed by atoms with Gasteiger partial charge in [0.2, 0.25) is 5.88 Å². The van der Waals surface area contributed by atoms with E-state index in [1.807, 2.05) is 63.5 Å². The normalized spacial score (nSPS) is 12.5. The molecule has 4 heteroatoms. The highest BCUT2D eigenvalue weighted by Crippen LogP contribution is 2.45. The third kappa shape index (κ3) is 2.76. The van der Waals surface area contributed by atoms with E-state index in [2.05, 4.69) is 4.90 Å². The Kier molecular flexibility index (Phi) is 4.21. The summed E-state index contributed by atoms with van der Waals surface area (Å²) in [6, 6.07) is 13.8. The van der Waals surface area contributed by atoms with Gasteiger partial charge in [0, 0.05) is 23.1 Å². The van der Waals surface area contributed by atoms with Crippen molar-refractivity contribution in [2.24, 2.45) is 0 Å². The number of para-hydroxylation sites is 1. The maximum Gasteiger partial charge on any atom is 0.222 e. The Morgan fingerprint density at radius 1 is 1.04 bits per heavy atom. The Hall–Kier alpha value is -2.72. The molecule has 0 aliphatic heterocycles. The third-order valence-electron chi connectivity index (χ3n) is 4.76. The summed E-state index contributed by atoms with van der Waals surface area (Å²) in [7, 11) is 4.09. The number of rotatable bonds is 5. The zero-order valence-electron chi connectivity index (χ0n) is 15.4. The van der Waals surface area contributed by atoms with E-state index in [9.17, 15) is 4.79 Å². The van der Waals surface area contributed by atoms with Crippen LogP contribution >= 0.6 is 0 Å². The number of carbonyl (C=O) groups is 1. The van der Waals surface area contributed by atoms with E-state index in [1.54, 1.807) is 0 Å². The van der Waals surface area contributed by atoms with Gasteiger partial charge in [-0.1, -0.05) is 35.9 Å². The van der Waals surface area contributed by atoms with Gasteiger partial charge in [0.25, 0.3) is 0 Å². The Bertz CT molecular complexity index is 1010. The van der Waals surface area contributed by atoms with E-state index in [0.717, 1.165) is 51.7 Å². The van der Waals surface area contributed by atoms with Crippen LogP contribution in [0.5, 0.6) is 5.88 Å². The first-order valence-electron chi connectivity index (χ1n) is 8.92. The second-order valence-electron chi connectivity index (χ2n) is 7.07. The third-order valence-corrected chi connectivity index (χ3v) is 4.76. The molecule has 4 rings (SSSR count). The molecule has 1 heterocycles. The molecule has 4 nitrogen and oxygen atoms in total. The topological polar surface area (TPSA) is 42.4 Å². The summed E-state index contributed by atoms with van der Waals surface area (Å²) in [6.45, 7) is 3.53. The molecular weight excluding hydrogens is 324 g/mol. The molecule has 0 unspecified atom stereocenters. The molecule has 0 saturated carbocycles. The Morgan fingerprint density at radius 3 is 2.65 bits per heavy atom. The van der Waals surface area contributed by atoms with Gasteiger partial charge in [-0.05, 0) is 45.1 Å². The maximum absolute atomic E-state index is 13.1. The molecule has 0 radical (unpaired) electrons. The number of carbonyl (C=O) groups excluding carboxylic acids is 1. The highest BCUT2D eigenvalue weighted by molar-refractivity contribution is 6.27. The number of aryl methyl sites for hydroxylation is 1. The number of hydrogen-bond donors (Lipinski definition) is 0. The number of nitrogens with zero attached hydrogens (tertiary/aromatic N) is 2. The van der Waals surface area contributed by atoms with Gasteiger partial charge in [-0.3, -0.25) is 4.79 Å². The van der Waals surface area contributed by atoms with Crippen LogP contribution in [0.2, 0.25) is 0 Å². The molecule has 0 N–H and O–H groups in total. The number of ether oxygens (including phenoxy) is 1. The van der Waals surface area contributed by atoms with Crippen LogP contribution in [-0.2, 0) is 0 Å². The van der Waals surface area contributed by atoms with Crippen LogP contribution in [0.15, 0.2) is 42.5 Å². The molecule has 1 aliphatic rings. The van der Waals surface area contributed by atoms with E-state index in [0.29, 0.717) is 12.5 Å². The van der Waals surface area contributed by atoms with Crippen molar-refractivity contribution in [3.05, 3.63) is 59.2 Å². The lowest BCUT2D eigenvalue weighted by Gasteiger charge is -2.14. The molecule has 132 valence electrons. The van der Waals surface area contributed by atoms with E-state index >= 15 is 0 Å². The van der Waals surface area contributed by atoms with Crippen LogP contribution in [0.25, 0.3) is 22.0 Å². The van der Waals surface area contributed by atoms with Gasteiger partial charge in [-0.2, -0.15) is 0 Å². The second-order valence-corrected chi connectivity index (χ2v) is 7.07. The first-order chi connectivity index (χ1) is 12.6. The summed E-state index contributed by atoms with van der Waals surface area (Å²) in [5.74, 6) is 0.629. The summed E-state index contributed by atoms with van der Waals surface area (Å²) in [5.41, 5.74) is 5.11. The minimum absolute atomic E-state index is 0.0652. The van der Waals surface area contributed by atoms with Crippen molar-refractivity contribution < 1.29 is 9.53 Å². The number of aromatic nitrogens is 1. The highest BCUT2D eigenvalue weighted by atomic mass is 16.5. The number of benzene rings is 2. The fraction of sp³-hybridized carbons (Fsp3) is 0.273. The van der Waals surface area contributed by atoms with E-state index in [-0.39, 0.29) is 5.78 Å². The lowest BCUT2D eigenvalue weighted by molar-refractivity contribution is 0.104. The fourth-order valence-corrected chi connectivity index (χ4v) is 3.53. The van der Waals surface area contributed by atoms with Crippen molar-refractivity contribution in [1.29, 1.82) is 0 Å². The molecular formula is C22H22N2O2. The molecule has 3 aromatic rings. The zero-order valence-corrected chi connectivity index (χ0v) is 15.4. The van der Waals surface area contributed by atoms with Gasteiger partial charge in [0.15, 0.2) is 5.78 Å². The highest BCUT2D eigenvalue weighted by Gasteiger charge is 2.32. The molecule has 0 atom stereocenters. The second kappa shape index (κ2) is 6.54. The molecule has 26 heavy (non-hydrogen) atoms. The van der Waals surface area contributed by atoms with E-state index < -0.39 is 0 Å². The van der Waals surface area contributed by atoms with E-state index in [1.165, 1.54) is 0 Å². The lowest BCUT2D eigenvalue weighted by Crippen LogP contribution is -2.16. The molecule has 0 amide bonds. The summed E-state index contributed by atoms with van der Waals surface area (Å²) in [5, 5.41) is 0.891. The van der Waals surface area contributed by atoms with Crippen LogP contribution in [-0.4, -0.2) is 42.9 Å². The lowest BCUT2D eigenvalue weighted by atomic mass is 10.0. The fourth-order valence-electron chi connectivity index (χ4n) is 3.53. The molecule has 2 aromatic carbocycles. The Labute approximate surface area is 153 Å². The average Bonchev–Trinajstić information content (AvgIpc) is 2.91. The summed E-state index contributed by atoms with van der Waals surface area (Å²) in [6.07, 6.45) is 0.908. The first kappa shape index (κ1) is 16.7. The van der Waals surface area contributed by atoms with Crippen molar-refractivity contribution in [3.63, 3.8) is 0 Å². The molecule has 1 aliphatic carbocycles. The quantitative estimate of drug-likeness (QED) is 0.511. The van der Waals surface area contributed by atoms with Gasteiger partial charge >= 0.3 is 0 Å². The van der Waals surface area contributed by atoms with Crippen LogP contribution in [0.3, 0.4) is 0 Å². The van der Waals surface area contributed by atoms with Crippen LogP contribution < -0.4 is 4.74 Å². The molecule has 1 aromatic heterocycles. The van der Waals surface area contributed by atoms with Crippen molar-refractivity contribution in [3.8, 4) is 17.0 Å². The predicted molar refractivity (Wildman–Crippen MR) is 104 cm³/mol. The standard InChI is InChI=1S/C22H22N2O2/c1-14-9-10-15-17(13-14)21(25)19-16-7-4-5-8-18(16)23-22(20(15)19)26-12-6-11-24(2)3/h4-5,7-10,13H,6,11-12H2,1-3H3. The van der Waals surface area contributed by atoms with Crippen LogP contribution in [0.1, 0.15) is 27.9 Å². The number of pyridine rings is 1. The molecule has 0 bridgehead atoms. The van der Waals surface area contributed by atoms with Crippen LogP contribution in [0, 0.1) is 6.92 Å². The Morgan fingerprint density at radius 2 is 1.85 bits per heavy atom. The number of fused-ring (bicyclic) bond motifs is 5. The molecule has 0 fully saturated rings. The smallest absolute Gasteiger partial charge is 0.222 e. The maximum atomic E-state index is 13.1. The number of hydrogen-bond acceptors (Lipinski definition) is 4. The van der Waals surface area contributed by atoms with Gasteiger partial charge < -0.3 is 9.64 Å². The van der Waals surface area contributed by atoms with Crippen molar-refractivity contribution >= 4 is 16.7 Å². The SMILES string of the molecule is Cc1ccc2c(c1)C(=O)c1c-2c(OCCCN(C)C)nc2ccccc12. The summed E-state index contributed by atoms with van der Waals surface area (Å²) < 4.78 is 6.05. The monoisotopic (exact) mass is 346 g/mol. The zero-order chi connectivity index (χ0) is 18.3. The average molecular weight is 346 g/mol. The van der Waals surface area contributed by atoms with Crippen LogP contribution in [0.4, 0.5) is 0 Å². The Balaban J connectivity index is 1.84. The van der Waals surface area contributed by atoms with Gasteiger partial charge in [0.05, 0.1) is 17.7 Å².